The summed E-state index contributed by atoms with van der Waals surface area (Å²) in [5.41, 5.74) is 2.43. The highest BCUT2D eigenvalue weighted by molar-refractivity contribution is 5.78. The molecule has 37 heavy (non-hydrogen) atoms. The number of nitrogens with zero attached hydrogens (tertiary/aromatic N) is 2. The van der Waals surface area contributed by atoms with Gasteiger partial charge in [0.15, 0.2) is 0 Å². The maximum absolute atomic E-state index is 15.0. The van der Waals surface area contributed by atoms with Gasteiger partial charge in [-0.05, 0) is 62.4 Å². The molecule has 3 aromatic carbocycles. The van der Waals surface area contributed by atoms with E-state index in [0.29, 0.717) is 39.3 Å². The maximum Gasteiger partial charge on any atom is 0.150 e. The summed E-state index contributed by atoms with van der Waals surface area (Å²) in [5.74, 6) is 0.593. The van der Waals surface area contributed by atoms with Gasteiger partial charge in [0.25, 0.3) is 0 Å². The van der Waals surface area contributed by atoms with E-state index < -0.39 is 11.4 Å². The Hall–Kier alpha value is -3.89. The molecule has 1 aliphatic rings. The third-order valence-corrected chi connectivity index (χ3v) is 7.43. The molecule has 1 N–H and O–H groups in total. The van der Waals surface area contributed by atoms with Gasteiger partial charge in [-0.1, -0.05) is 24.3 Å². The van der Waals surface area contributed by atoms with E-state index in [4.69, 9.17) is 9.47 Å². The van der Waals surface area contributed by atoms with Crippen LogP contribution in [0.5, 0.6) is 11.5 Å². The second-order valence-electron chi connectivity index (χ2n) is 9.59. The van der Waals surface area contributed by atoms with Crippen LogP contribution in [0.3, 0.4) is 0 Å². The Balaban J connectivity index is 1.42. The first kappa shape index (κ1) is 26.2. The molecule has 0 amide bonds. The van der Waals surface area contributed by atoms with E-state index in [9.17, 15) is 15.2 Å². The number of aliphatic hydroxyl groups is 1. The van der Waals surface area contributed by atoms with Crippen molar-refractivity contribution in [3.8, 4) is 17.6 Å². The minimum absolute atomic E-state index is 0.0177. The van der Waals surface area contributed by atoms with Crippen LogP contribution < -0.4 is 14.4 Å². The van der Waals surface area contributed by atoms with Crippen molar-refractivity contribution in [1.82, 2.24) is 0 Å². The summed E-state index contributed by atoms with van der Waals surface area (Å²) in [4.78, 5) is 13.4. The summed E-state index contributed by atoms with van der Waals surface area (Å²) in [6.07, 6.45) is 2.23. The predicted molar refractivity (Wildman–Crippen MR) is 140 cm³/mol. The standard InChI is InChI=1S/C30H31FN2O4/c1-20-22(18-34)5-4-6-28(20)37-19-23-7-9-25(15-27(23)31)30(2,35)24-11-13-33(14-12-24)26-10-8-21(17-32)29(16-26)36-3/h4-10,15-16,18,24,35H,11-14,19H2,1-3H3. The molecule has 7 heteroatoms. The molecule has 192 valence electrons. The smallest absolute Gasteiger partial charge is 0.150 e. The Bertz CT molecular complexity index is 1320. The van der Waals surface area contributed by atoms with Gasteiger partial charge in [0.1, 0.15) is 36.3 Å². The van der Waals surface area contributed by atoms with Gasteiger partial charge in [0.2, 0.25) is 0 Å². The van der Waals surface area contributed by atoms with E-state index in [1.54, 1.807) is 57.4 Å². The number of carbonyl (C=O) groups excluding carboxylic acids is 1. The van der Waals surface area contributed by atoms with Crippen LogP contribution in [0, 0.1) is 30.0 Å². The molecule has 3 aromatic rings. The van der Waals surface area contributed by atoms with Crippen LogP contribution in [0.25, 0.3) is 0 Å². The van der Waals surface area contributed by atoms with E-state index in [1.165, 1.54) is 6.07 Å². The van der Waals surface area contributed by atoms with Crippen LogP contribution in [0.2, 0.25) is 0 Å². The van der Waals surface area contributed by atoms with Crippen LogP contribution in [0.15, 0.2) is 54.6 Å². The molecule has 1 aliphatic heterocycles. The number of rotatable bonds is 8. The third kappa shape index (κ3) is 5.45. The normalized spacial score (nSPS) is 15.5. The molecule has 0 aliphatic carbocycles. The van der Waals surface area contributed by atoms with Crippen LogP contribution in [0.4, 0.5) is 10.1 Å². The first-order valence-corrected chi connectivity index (χ1v) is 12.3. The number of carbonyl (C=O) groups is 1. The molecule has 0 spiro atoms. The van der Waals surface area contributed by atoms with Crippen molar-refractivity contribution in [3.05, 3.63) is 88.2 Å². The Morgan fingerprint density at radius 3 is 2.57 bits per heavy atom. The number of benzene rings is 3. The number of piperidine rings is 1. The number of ether oxygens (including phenoxy) is 2. The molecule has 1 saturated heterocycles. The lowest BCUT2D eigenvalue weighted by atomic mass is 9.77. The summed E-state index contributed by atoms with van der Waals surface area (Å²) in [6.45, 7) is 5.01. The SMILES string of the molecule is COc1cc(N2CCC(C(C)(O)c3ccc(COc4cccc(C=O)c4C)c(F)c3)CC2)ccc1C#N. The molecule has 1 unspecified atom stereocenters. The van der Waals surface area contributed by atoms with Gasteiger partial charge < -0.3 is 19.5 Å². The van der Waals surface area contributed by atoms with E-state index >= 15 is 4.39 Å². The molecular formula is C30H31FN2O4. The number of aldehydes is 1. The molecular weight excluding hydrogens is 471 g/mol. The molecule has 0 radical (unpaired) electrons. The van der Waals surface area contributed by atoms with E-state index in [-0.39, 0.29) is 12.5 Å². The maximum atomic E-state index is 15.0. The quantitative estimate of drug-likeness (QED) is 0.408. The third-order valence-electron chi connectivity index (χ3n) is 7.43. The second kappa shape index (κ2) is 11.0. The molecule has 6 nitrogen and oxygen atoms in total. The van der Waals surface area contributed by atoms with Gasteiger partial charge in [0.05, 0.1) is 18.3 Å². The zero-order valence-electron chi connectivity index (χ0n) is 21.3. The lowest BCUT2D eigenvalue weighted by Gasteiger charge is -2.41. The van der Waals surface area contributed by atoms with E-state index in [2.05, 4.69) is 11.0 Å². The summed E-state index contributed by atoms with van der Waals surface area (Å²) >= 11 is 0. The fraction of sp³-hybridized carbons (Fsp3) is 0.333. The van der Waals surface area contributed by atoms with Gasteiger partial charge in [-0.15, -0.1) is 0 Å². The molecule has 0 aromatic heterocycles. The lowest BCUT2D eigenvalue weighted by Crippen LogP contribution is -2.42. The van der Waals surface area contributed by atoms with Crippen molar-refractivity contribution in [2.24, 2.45) is 5.92 Å². The van der Waals surface area contributed by atoms with Gasteiger partial charge in [-0.25, -0.2) is 4.39 Å². The zero-order chi connectivity index (χ0) is 26.6. The zero-order valence-corrected chi connectivity index (χ0v) is 21.3. The Morgan fingerprint density at radius 1 is 1.16 bits per heavy atom. The van der Waals surface area contributed by atoms with Crippen molar-refractivity contribution < 1.29 is 23.8 Å². The molecule has 1 fully saturated rings. The molecule has 1 heterocycles. The second-order valence-corrected chi connectivity index (χ2v) is 9.59. The van der Waals surface area contributed by atoms with E-state index in [0.717, 1.165) is 37.9 Å². The van der Waals surface area contributed by atoms with Crippen molar-refractivity contribution in [3.63, 3.8) is 0 Å². The molecule has 0 saturated carbocycles. The lowest BCUT2D eigenvalue weighted by molar-refractivity contribution is -0.0164. The number of halogens is 1. The van der Waals surface area contributed by atoms with Crippen molar-refractivity contribution in [2.45, 2.75) is 38.9 Å². The van der Waals surface area contributed by atoms with Crippen molar-refractivity contribution in [1.29, 1.82) is 5.26 Å². The van der Waals surface area contributed by atoms with Gasteiger partial charge in [-0.2, -0.15) is 5.26 Å². The summed E-state index contributed by atoms with van der Waals surface area (Å²) in [6, 6.07) is 17.6. The van der Waals surface area contributed by atoms with Crippen LogP contribution in [0.1, 0.15) is 52.4 Å². The van der Waals surface area contributed by atoms with Crippen LogP contribution >= 0.6 is 0 Å². The van der Waals surface area contributed by atoms with Crippen LogP contribution in [-0.4, -0.2) is 31.6 Å². The Kier molecular flexibility index (Phi) is 7.80. The number of anilines is 1. The van der Waals surface area contributed by atoms with Crippen molar-refractivity contribution >= 4 is 12.0 Å². The van der Waals surface area contributed by atoms with E-state index in [1.807, 2.05) is 12.1 Å². The Morgan fingerprint density at radius 2 is 1.92 bits per heavy atom. The van der Waals surface area contributed by atoms with Gasteiger partial charge in [0, 0.05) is 41.5 Å². The minimum Gasteiger partial charge on any atom is -0.495 e. The van der Waals surface area contributed by atoms with Gasteiger partial charge >= 0.3 is 0 Å². The highest BCUT2D eigenvalue weighted by atomic mass is 19.1. The van der Waals surface area contributed by atoms with Crippen molar-refractivity contribution in [2.75, 3.05) is 25.1 Å². The minimum atomic E-state index is -1.19. The monoisotopic (exact) mass is 502 g/mol. The number of hydrogen-bond donors (Lipinski definition) is 1. The van der Waals surface area contributed by atoms with Crippen LogP contribution in [-0.2, 0) is 12.2 Å². The topological polar surface area (TPSA) is 82.8 Å². The first-order chi connectivity index (χ1) is 17.8. The first-order valence-electron chi connectivity index (χ1n) is 12.3. The number of methoxy groups -OCH3 is 1. The fourth-order valence-corrected chi connectivity index (χ4v) is 4.95. The summed E-state index contributed by atoms with van der Waals surface area (Å²) in [7, 11) is 1.55. The predicted octanol–water partition coefficient (Wildman–Crippen LogP) is 5.53. The van der Waals surface area contributed by atoms with Gasteiger partial charge in [-0.3, -0.25) is 4.79 Å². The highest BCUT2D eigenvalue weighted by Crippen LogP contribution is 2.38. The largest absolute Gasteiger partial charge is 0.495 e. The average molecular weight is 503 g/mol. The number of nitriles is 1. The molecule has 4 rings (SSSR count). The summed E-state index contributed by atoms with van der Waals surface area (Å²) < 4.78 is 26.1. The highest BCUT2D eigenvalue weighted by Gasteiger charge is 2.36. The Labute approximate surface area is 216 Å². The molecule has 0 bridgehead atoms. The molecule has 1 atom stereocenters. The number of hydrogen-bond acceptors (Lipinski definition) is 6. The summed E-state index contributed by atoms with van der Waals surface area (Å²) in [5, 5.41) is 20.6. The fourth-order valence-electron chi connectivity index (χ4n) is 4.95. The average Bonchev–Trinajstić information content (AvgIpc) is 2.92.